The van der Waals surface area contributed by atoms with E-state index in [0.29, 0.717) is 0 Å². The second-order valence-corrected chi connectivity index (χ2v) is 39.9. The van der Waals surface area contributed by atoms with Crippen LogP contribution in [-0.4, -0.2) is 0 Å². The number of hydrogen-bond donors (Lipinski definition) is 0. The SMILES string of the molecule is CC1(C)c2cc(-c3ccccc3)ccc2-c2ccc(N(c3ccc(-c4ccccc4)cc3)c3ccc(-c4ccccc4)cc3)cc21.CC1(C)c2cc(-c3ccccc3)ccc2-c2ccc(N(c3ccc(-c4ccccc4)cc3)c3cccc(-c4ccccc4)c3)cc21.CC1(C)c2ccccc2-c2ccc(N(c3ccc(-c4ccccc4)cc3)c3ccc4c(c3)C(C)(C)c3cc(-c5ccccc5)ccc3-4)cc21. The van der Waals surface area contributed by atoms with Crippen LogP contribution in [0.1, 0.15) is 99.9 Å². The predicted molar refractivity (Wildman–Crippen MR) is 597 cm³/mol. The van der Waals surface area contributed by atoms with Crippen molar-refractivity contribution in [3.8, 4) is 134 Å². The van der Waals surface area contributed by atoms with Crippen LogP contribution in [0.25, 0.3) is 134 Å². The molecular weight excluding hydrogens is 1700 g/mol. The van der Waals surface area contributed by atoms with Crippen molar-refractivity contribution in [2.45, 2.75) is 77.0 Å². The molecule has 0 amide bonds. The van der Waals surface area contributed by atoms with Crippen LogP contribution in [0, 0.1) is 0 Å². The van der Waals surface area contributed by atoms with Gasteiger partial charge in [0.15, 0.2) is 0 Å². The molecule has 0 fully saturated rings. The zero-order valence-corrected chi connectivity index (χ0v) is 80.9. The van der Waals surface area contributed by atoms with E-state index in [4.69, 9.17) is 0 Å². The normalized spacial score (nSPS) is 13.3. The van der Waals surface area contributed by atoms with Crippen LogP contribution in [0.5, 0.6) is 0 Å². The average Bonchev–Trinajstić information content (AvgIpc) is 1.51. The molecule has 0 heterocycles. The number of nitrogens with zero attached hydrogens (tertiary/aromatic N) is 3. The van der Waals surface area contributed by atoms with Gasteiger partial charge in [-0.05, 0) is 305 Å². The van der Waals surface area contributed by atoms with Crippen LogP contribution in [0.4, 0.5) is 51.2 Å². The summed E-state index contributed by atoms with van der Waals surface area (Å²) in [6, 6.07) is 188. The number of fused-ring (bicyclic) bond motifs is 12. The highest BCUT2D eigenvalue weighted by Gasteiger charge is 2.41. The summed E-state index contributed by atoms with van der Waals surface area (Å²) >= 11 is 0. The van der Waals surface area contributed by atoms with E-state index in [1.165, 1.54) is 189 Å². The first-order valence-corrected chi connectivity index (χ1v) is 49.4. The van der Waals surface area contributed by atoms with Crippen LogP contribution in [0.2, 0.25) is 0 Å². The van der Waals surface area contributed by atoms with Gasteiger partial charge in [0.05, 0.1) is 0 Å². The minimum atomic E-state index is -0.143. The molecule has 676 valence electrons. The van der Waals surface area contributed by atoms with E-state index in [2.05, 4.69) is 586 Å². The van der Waals surface area contributed by atoms with Crippen LogP contribution < -0.4 is 14.7 Å². The number of benzene rings is 21. The lowest BCUT2D eigenvalue weighted by atomic mass is 9.81. The first kappa shape index (κ1) is 88.0. The number of rotatable bonds is 17. The van der Waals surface area contributed by atoms with Crippen LogP contribution >= 0.6 is 0 Å². The molecule has 4 aliphatic rings. The van der Waals surface area contributed by atoms with Gasteiger partial charge in [-0.1, -0.05) is 444 Å². The van der Waals surface area contributed by atoms with E-state index < -0.39 is 0 Å². The molecule has 4 aliphatic carbocycles. The fourth-order valence-electron chi connectivity index (χ4n) is 22.4. The molecule has 0 spiro atoms. The molecule has 0 saturated heterocycles. The fourth-order valence-corrected chi connectivity index (χ4v) is 22.4. The van der Waals surface area contributed by atoms with Crippen molar-refractivity contribution in [1.29, 1.82) is 0 Å². The molecule has 25 rings (SSSR count). The second-order valence-electron chi connectivity index (χ2n) is 39.9. The highest BCUT2D eigenvalue weighted by Crippen LogP contribution is 2.58. The van der Waals surface area contributed by atoms with E-state index in [-0.39, 0.29) is 21.7 Å². The maximum atomic E-state index is 2.45. The summed E-state index contributed by atoms with van der Waals surface area (Å²) in [7, 11) is 0. The predicted octanol–water partition coefficient (Wildman–Crippen LogP) is 38.0. The Morgan fingerprint density at radius 1 is 0.106 bits per heavy atom. The topological polar surface area (TPSA) is 9.72 Å². The highest BCUT2D eigenvalue weighted by atomic mass is 15.2. The van der Waals surface area contributed by atoms with Crippen molar-refractivity contribution in [3.05, 3.63) is 560 Å². The Kier molecular flexibility index (Phi) is 22.8. The Morgan fingerprint density at radius 2 is 0.262 bits per heavy atom. The van der Waals surface area contributed by atoms with Gasteiger partial charge in [-0.25, -0.2) is 0 Å². The molecule has 21 aromatic rings. The maximum Gasteiger partial charge on any atom is 0.0467 e. The monoisotopic (exact) mass is 1810 g/mol. The van der Waals surface area contributed by atoms with Crippen LogP contribution in [0.3, 0.4) is 0 Å². The van der Waals surface area contributed by atoms with Crippen LogP contribution in [-0.2, 0) is 21.7 Å². The summed E-state index contributed by atoms with van der Waals surface area (Å²) in [4.78, 5) is 7.23. The van der Waals surface area contributed by atoms with Crippen molar-refractivity contribution in [2.24, 2.45) is 0 Å². The van der Waals surface area contributed by atoms with E-state index >= 15 is 0 Å². The van der Waals surface area contributed by atoms with Crippen molar-refractivity contribution in [1.82, 2.24) is 0 Å². The number of anilines is 9. The fraction of sp³-hybridized carbons (Fsp3) is 0.0870. The van der Waals surface area contributed by atoms with E-state index in [0.717, 1.165) is 39.8 Å². The Hall–Kier alpha value is -17.0. The summed E-state index contributed by atoms with van der Waals surface area (Å²) in [5.74, 6) is 0. The van der Waals surface area contributed by atoms with Crippen LogP contribution in [0.15, 0.2) is 516 Å². The summed E-state index contributed by atoms with van der Waals surface area (Å²) < 4.78 is 0. The van der Waals surface area contributed by atoms with Gasteiger partial charge < -0.3 is 14.7 Å². The Bertz CT molecular complexity index is 8090. The lowest BCUT2D eigenvalue weighted by Gasteiger charge is -2.30. The van der Waals surface area contributed by atoms with Gasteiger partial charge in [0.2, 0.25) is 0 Å². The zero-order valence-electron chi connectivity index (χ0n) is 80.9. The van der Waals surface area contributed by atoms with E-state index in [1.807, 2.05) is 0 Å². The molecular formula is C138H109N3. The van der Waals surface area contributed by atoms with E-state index in [1.54, 1.807) is 0 Å². The minimum Gasteiger partial charge on any atom is -0.310 e. The maximum absolute atomic E-state index is 2.45. The highest BCUT2D eigenvalue weighted by molar-refractivity contribution is 5.94. The quantitative estimate of drug-likeness (QED) is 0.0900. The van der Waals surface area contributed by atoms with Gasteiger partial charge in [-0.2, -0.15) is 0 Å². The zero-order chi connectivity index (χ0) is 95.5. The van der Waals surface area contributed by atoms with Gasteiger partial charge >= 0.3 is 0 Å². The molecule has 0 N–H and O–H groups in total. The second kappa shape index (κ2) is 36.5. The first-order valence-electron chi connectivity index (χ1n) is 49.4. The molecule has 0 aromatic heterocycles. The average molecular weight is 1810 g/mol. The Balaban J connectivity index is 0.000000118. The summed E-state index contributed by atoms with van der Waals surface area (Å²) in [5.41, 5.74) is 51.2. The third-order valence-electron chi connectivity index (χ3n) is 30.0. The lowest BCUT2D eigenvalue weighted by Crippen LogP contribution is -2.18. The van der Waals surface area contributed by atoms with Crippen molar-refractivity contribution in [2.75, 3.05) is 14.7 Å². The lowest BCUT2D eigenvalue weighted by molar-refractivity contribution is 0.660. The molecule has 3 heteroatoms. The van der Waals surface area contributed by atoms with E-state index in [9.17, 15) is 0 Å². The minimum absolute atomic E-state index is 0.0806. The standard InChI is InChI=1S/C48H39N.2C45H35N/c1-47(2)43-18-12-11-17-39(43)41-27-24-37(30-45(41)47)49(36-22-19-34(20-23-36)32-13-7-5-8-14-32)38-25-28-42-40-26-21-35(33-15-9-6-10-16-33)29-44(40)48(3,4)46(42)31-38;1-45(2)43-30-37(34-17-10-5-11-18-34)23-27-41(43)42-28-26-40(31-44(42)45)46(38-24-21-35(22-25-38)32-13-6-3-7-14-32)39-20-12-19-36(29-39)33-15-8-4-9-16-33;1-45(2)43-30-37(34-16-10-5-11-17-34)22-28-41(43)42-29-27-40(31-44(42)45)46(38-23-18-35(19-24-38)32-12-6-3-7-13-32)39-25-20-36(21-26-39)33-14-8-4-9-15-33/h5-31H,1-4H3;2*3-31H,1-2H3. The summed E-state index contributed by atoms with van der Waals surface area (Å²) in [6.07, 6.45) is 0. The van der Waals surface area contributed by atoms with Crippen molar-refractivity contribution < 1.29 is 0 Å². The summed E-state index contributed by atoms with van der Waals surface area (Å²) in [6.45, 7) is 18.9. The van der Waals surface area contributed by atoms with Gasteiger partial charge in [-0.3, -0.25) is 0 Å². The third-order valence-corrected chi connectivity index (χ3v) is 30.0. The molecule has 0 saturated carbocycles. The molecule has 0 unspecified atom stereocenters. The molecule has 0 aliphatic heterocycles. The number of hydrogen-bond acceptors (Lipinski definition) is 3. The molecule has 0 atom stereocenters. The molecule has 3 nitrogen and oxygen atoms in total. The van der Waals surface area contributed by atoms with Gasteiger partial charge in [0, 0.05) is 72.8 Å². The molecule has 141 heavy (non-hydrogen) atoms. The molecule has 0 radical (unpaired) electrons. The largest absolute Gasteiger partial charge is 0.310 e. The van der Waals surface area contributed by atoms with Gasteiger partial charge in [-0.15, -0.1) is 0 Å². The third kappa shape index (κ3) is 16.4. The smallest absolute Gasteiger partial charge is 0.0467 e. The Morgan fingerprint density at radius 3 is 0.518 bits per heavy atom. The Labute approximate surface area is 830 Å². The molecule has 21 aromatic carbocycles. The molecule has 0 bridgehead atoms. The van der Waals surface area contributed by atoms with Crippen molar-refractivity contribution >= 4 is 51.2 Å². The van der Waals surface area contributed by atoms with Gasteiger partial charge in [0.1, 0.15) is 0 Å². The first-order chi connectivity index (χ1) is 68.9. The van der Waals surface area contributed by atoms with Crippen molar-refractivity contribution in [3.63, 3.8) is 0 Å². The van der Waals surface area contributed by atoms with Gasteiger partial charge in [0.25, 0.3) is 0 Å². The summed E-state index contributed by atoms with van der Waals surface area (Å²) in [5, 5.41) is 0.